The van der Waals surface area contributed by atoms with Crippen molar-refractivity contribution in [3.05, 3.63) is 0 Å². The van der Waals surface area contributed by atoms with Crippen LogP contribution in [0.4, 0.5) is 13.2 Å². The summed E-state index contributed by atoms with van der Waals surface area (Å²) in [6.45, 7) is 1.93. The van der Waals surface area contributed by atoms with Crippen LogP contribution in [0.3, 0.4) is 0 Å². The number of halogens is 3. The maximum atomic E-state index is 13.6. The first kappa shape index (κ1) is 18.0. The molecule has 130 valence electrons. The van der Waals surface area contributed by atoms with E-state index in [0.29, 0.717) is 0 Å². The molecular weight excluding hydrogens is 343 g/mol. The number of fused-ring (bicyclic) bond motifs is 1. The van der Waals surface area contributed by atoms with Gasteiger partial charge in [-0.25, -0.2) is 16.8 Å². The van der Waals surface area contributed by atoms with Crippen molar-refractivity contribution >= 4 is 19.9 Å². The van der Waals surface area contributed by atoms with Crippen LogP contribution in [0, 0.1) is 11.3 Å². The summed E-state index contributed by atoms with van der Waals surface area (Å²) in [5.74, 6) is -0.840. The smallest absolute Gasteiger partial charge is 0.228 e. The van der Waals surface area contributed by atoms with Gasteiger partial charge in [0.05, 0.1) is 22.2 Å². The summed E-state index contributed by atoms with van der Waals surface area (Å²) >= 11 is 0. The Kier molecular flexibility index (Phi) is 4.37. The summed E-state index contributed by atoms with van der Waals surface area (Å²) in [6.07, 6.45) is -5.17. The quantitative estimate of drug-likeness (QED) is 0.760. The molecule has 0 unspecified atom stereocenters. The molecule has 0 aromatic rings. The number of sulfone groups is 1. The molecule has 2 saturated heterocycles. The summed E-state index contributed by atoms with van der Waals surface area (Å²) in [5, 5.41) is -1.68. The van der Waals surface area contributed by atoms with Gasteiger partial charge in [-0.3, -0.25) is 0 Å². The average Bonchev–Trinajstić information content (AvgIpc) is 2.69. The highest BCUT2D eigenvalue weighted by molar-refractivity contribution is 7.92. The minimum absolute atomic E-state index is 0.0869. The summed E-state index contributed by atoms with van der Waals surface area (Å²) in [4.78, 5) is 0. The summed E-state index contributed by atoms with van der Waals surface area (Å²) in [6, 6.07) is 0. The monoisotopic (exact) mass is 363 g/mol. The summed E-state index contributed by atoms with van der Waals surface area (Å²) in [5.41, 5.74) is -2.46. The van der Waals surface area contributed by atoms with Crippen LogP contribution in [0.5, 0.6) is 0 Å². The third kappa shape index (κ3) is 2.89. The Labute approximate surface area is 128 Å². The highest BCUT2D eigenvalue weighted by Gasteiger charge is 2.68. The molecule has 2 rings (SSSR count). The van der Waals surface area contributed by atoms with E-state index in [1.807, 2.05) is 0 Å². The van der Waals surface area contributed by atoms with Gasteiger partial charge in [0.15, 0.2) is 9.84 Å². The van der Waals surface area contributed by atoms with Gasteiger partial charge >= 0.3 is 6.18 Å². The molecule has 0 spiro atoms. The Hall–Kier alpha value is -0.350. The topological polar surface area (TPSA) is 71.5 Å². The first-order valence-corrected chi connectivity index (χ1v) is 10.4. The van der Waals surface area contributed by atoms with E-state index in [-0.39, 0.29) is 30.3 Å². The molecule has 0 saturated carbocycles. The minimum Gasteiger partial charge on any atom is -0.228 e. The van der Waals surface area contributed by atoms with E-state index >= 15 is 0 Å². The lowest BCUT2D eigenvalue weighted by molar-refractivity contribution is -0.220. The van der Waals surface area contributed by atoms with Gasteiger partial charge in [0, 0.05) is 13.1 Å². The number of alkyl halides is 3. The summed E-state index contributed by atoms with van der Waals surface area (Å²) < 4.78 is 90.1. The van der Waals surface area contributed by atoms with Crippen molar-refractivity contribution in [1.29, 1.82) is 0 Å². The lowest BCUT2D eigenvalue weighted by Crippen LogP contribution is -2.53. The molecule has 10 heteroatoms. The first-order valence-electron chi connectivity index (χ1n) is 7.08. The number of nitrogens with zero attached hydrogens (tertiary/aromatic N) is 1. The highest BCUT2D eigenvalue weighted by atomic mass is 32.2. The molecule has 2 aliphatic rings. The van der Waals surface area contributed by atoms with Gasteiger partial charge < -0.3 is 0 Å². The van der Waals surface area contributed by atoms with E-state index in [1.54, 1.807) is 13.8 Å². The van der Waals surface area contributed by atoms with Gasteiger partial charge in [-0.2, -0.15) is 17.5 Å². The predicted molar refractivity (Wildman–Crippen MR) is 75.5 cm³/mol. The second-order valence-corrected chi connectivity index (χ2v) is 10.9. The Morgan fingerprint density at radius 3 is 2.36 bits per heavy atom. The van der Waals surface area contributed by atoms with Crippen LogP contribution < -0.4 is 0 Å². The fourth-order valence-corrected chi connectivity index (χ4v) is 7.62. The van der Waals surface area contributed by atoms with Gasteiger partial charge in [0.2, 0.25) is 10.0 Å². The normalized spacial score (nSPS) is 33.1. The molecule has 0 aliphatic carbocycles. The molecule has 22 heavy (non-hydrogen) atoms. The second kappa shape index (κ2) is 5.34. The maximum Gasteiger partial charge on any atom is 0.397 e. The Bertz CT molecular complexity index is 642. The number of sulfonamides is 1. The summed E-state index contributed by atoms with van der Waals surface area (Å²) in [7, 11) is -7.85. The van der Waals surface area contributed by atoms with Crippen molar-refractivity contribution in [3.8, 4) is 0 Å². The van der Waals surface area contributed by atoms with E-state index in [1.165, 1.54) is 0 Å². The molecule has 2 atom stereocenters. The van der Waals surface area contributed by atoms with Crippen LogP contribution in [0.15, 0.2) is 0 Å². The molecule has 0 aromatic heterocycles. The minimum atomic E-state index is -4.74. The molecule has 0 bridgehead atoms. The van der Waals surface area contributed by atoms with Crippen LogP contribution in [-0.2, 0) is 19.9 Å². The van der Waals surface area contributed by atoms with Crippen LogP contribution >= 0.6 is 0 Å². The van der Waals surface area contributed by atoms with Crippen LogP contribution in [0.1, 0.15) is 26.7 Å². The van der Waals surface area contributed by atoms with Crippen molar-refractivity contribution < 1.29 is 30.0 Å². The lowest BCUT2D eigenvalue weighted by Gasteiger charge is -2.39. The second-order valence-electron chi connectivity index (χ2n) is 6.58. The molecule has 0 amide bonds. The predicted octanol–water partition coefficient (Wildman–Crippen LogP) is 1.41. The van der Waals surface area contributed by atoms with Gasteiger partial charge in [-0.05, 0) is 18.8 Å². The van der Waals surface area contributed by atoms with Gasteiger partial charge in [-0.1, -0.05) is 13.8 Å². The van der Waals surface area contributed by atoms with E-state index in [9.17, 15) is 30.0 Å². The molecule has 5 nitrogen and oxygen atoms in total. The Morgan fingerprint density at radius 2 is 1.91 bits per heavy atom. The fraction of sp³-hybridized carbons (Fsp3) is 1.00. The molecule has 0 radical (unpaired) electrons. The zero-order valence-corrected chi connectivity index (χ0v) is 14.1. The third-order valence-electron chi connectivity index (χ3n) is 4.43. The zero-order valence-electron chi connectivity index (χ0n) is 12.4. The molecule has 2 fully saturated rings. The average molecular weight is 363 g/mol. The number of hydrogen-bond donors (Lipinski definition) is 0. The standard InChI is InChI=1S/C12H20F3NO4S2/c1-9(2)7-22(19,20)16-6-10-11(8-16,12(13,14)15)4-3-5-21(10,17)18/h9-10H,3-8H2,1-2H3/t10-,11-/m1/s1. The fourth-order valence-electron chi connectivity index (χ4n) is 3.42. The van der Waals surface area contributed by atoms with Crippen LogP contribution in [0.2, 0.25) is 0 Å². The molecule has 2 heterocycles. The van der Waals surface area contributed by atoms with Gasteiger partial charge in [0.1, 0.15) is 0 Å². The number of hydrogen-bond acceptors (Lipinski definition) is 4. The van der Waals surface area contributed by atoms with Crippen LogP contribution in [-0.4, -0.2) is 57.2 Å². The van der Waals surface area contributed by atoms with E-state index in [4.69, 9.17) is 0 Å². The molecule has 0 aromatic carbocycles. The lowest BCUT2D eigenvalue weighted by atomic mass is 9.81. The van der Waals surface area contributed by atoms with Crippen molar-refractivity contribution in [2.75, 3.05) is 24.6 Å². The maximum absolute atomic E-state index is 13.6. The van der Waals surface area contributed by atoms with Crippen LogP contribution in [0.25, 0.3) is 0 Å². The SMILES string of the molecule is CC(C)CS(=O)(=O)N1C[C@@H]2[C@@](C(F)(F)F)(CCCS2(=O)=O)C1. The van der Waals surface area contributed by atoms with Crippen molar-refractivity contribution in [3.63, 3.8) is 0 Å². The van der Waals surface area contributed by atoms with Gasteiger partial charge in [-0.15, -0.1) is 0 Å². The van der Waals surface area contributed by atoms with Crippen molar-refractivity contribution in [2.24, 2.45) is 11.3 Å². The molecular formula is C12H20F3NO4S2. The molecule has 0 N–H and O–H groups in total. The van der Waals surface area contributed by atoms with E-state index in [0.717, 1.165) is 4.31 Å². The highest BCUT2D eigenvalue weighted by Crippen LogP contribution is 2.54. The largest absolute Gasteiger partial charge is 0.397 e. The van der Waals surface area contributed by atoms with Crippen molar-refractivity contribution in [1.82, 2.24) is 4.31 Å². The zero-order chi connectivity index (χ0) is 17.0. The Morgan fingerprint density at radius 1 is 1.32 bits per heavy atom. The van der Waals surface area contributed by atoms with E-state index in [2.05, 4.69) is 0 Å². The van der Waals surface area contributed by atoms with E-state index < -0.39 is 49.8 Å². The number of rotatable bonds is 3. The molecule has 2 aliphatic heterocycles. The Balaban J connectivity index is 2.45. The first-order chi connectivity index (χ1) is 9.82. The van der Waals surface area contributed by atoms with Gasteiger partial charge in [0.25, 0.3) is 0 Å². The third-order valence-corrected chi connectivity index (χ3v) is 8.91. The van der Waals surface area contributed by atoms with Crippen molar-refractivity contribution in [2.45, 2.75) is 38.1 Å².